The van der Waals surface area contributed by atoms with Crippen LogP contribution < -0.4 is 11.1 Å². The van der Waals surface area contributed by atoms with Crippen LogP contribution in [0.2, 0.25) is 0 Å². The van der Waals surface area contributed by atoms with E-state index >= 15 is 0 Å². The predicted octanol–water partition coefficient (Wildman–Crippen LogP) is 0.781. The van der Waals surface area contributed by atoms with Crippen molar-refractivity contribution in [2.75, 3.05) is 6.54 Å². The lowest BCUT2D eigenvalue weighted by atomic mass is 10.1. The van der Waals surface area contributed by atoms with Crippen molar-refractivity contribution in [2.45, 2.75) is 58.1 Å². The van der Waals surface area contributed by atoms with Crippen LogP contribution >= 0.6 is 0 Å². The van der Waals surface area contributed by atoms with Crippen molar-refractivity contribution in [3.05, 3.63) is 0 Å². The van der Waals surface area contributed by atoms with Gasteiger partial charge in [-0.05, 0) is 19.3 Å². The van der Waals surface area contributed by atoms with E-state index in [1.165, 1.54) is 0 Å². The van der Waals surface area contributed by atoms with E-state index in [1.54, 1.807) is 0 Å². The summed E-state index contributed by atoms with van der Waals surface area (Å²) in [5.74, 6) is -0.0146. The van der Waals surface area contributed by atoms with Gasteiger partial charge in [-0.2, -0.15) is 0 Å². The van der Waals surface area contributed by atoms with Crippen molar-refractivity contribution in [1.29, 1.82) is 0 Å². The molecular formula is C11H24N2O2. The van der Waals surface area contributed by atoms with Crippen LogP contribution in [0.1, 0.15) is 46.0 Å². The summed E-state index contributed by atoms with van der Waals surface area (Å²) < 4.78 is 0. The summed E-state index contributed by atoms with van der Waals surface area (Å²) in [6, 6.07) is -0.0360. The maximum absolute atomic E-state index is 11.3. The maximum Gasteiger partial charge on any atom is 0.221 e. The van der Waals surface area contributed by atoms with Gasteiger partial charge in [-0.3, -0.25) is 4.79 Å². The first kappa shape index (κ1) is 14.4. The minimum atomic E-state index is -0.311. The second-order valence-electron chi connectivity index (χ2n) is 3.95. The van der Waals surface area contributed by atoms with E-state index in [4.69, 9.17) is 5.73 Å². The Morgan fingerprint density at radius 1 is 1.40 bits per heavy atom. The molecule has 0 rings (SSSR count). The second kappa shape index (κ2) is 8.68. The van der Waals surface area contributed by atoms with Crippen molar-refractivity contribution < 1.29 is 9.90 Å². The van der Waals surface area contributed by atoms with Crippen LogP contribution in [0.5, 0.6) is 0 Å². The Morgan fingerprint density at radius 2 is 2.07 bits per heavy atom. The van der Waals surface area contributed by atoms with Gasteiger partial charge in [-0.1, -0.05) is 20.3 Å². The minimum Gasteiger partial charge on any atom is -0.393 e. The fourth-order valence-corrected chi connectivity index (χ4v) is 1.37. The summed E-state index contributed by atoms with van der Waals surface area (Å²) in [6.07, 6.45) is 3.30. The molecule has 0 aliphatic heterocycles. The van der Waals surface area contributed by atoms with Gasteiger partial charge in [0, 0.05) is 19.0 Å². The monoisotopic (exact) mass is 216 g/mol. The molecule has 0 spiro atoms. The van der Waals surface area contributed by atoms with E-state index in [2.05, 4.69) is 12.2 Å². The average molecular weight is 216 g/mol. The molecule has 4 heteroatoms. The van der Waals surface area contributed by atoms with E-state index in [-0.39, 0.29) is 18.1 Å². The van der Waals surface area contributed by atoms with Crippen LogP contribution in [0.15, 0.2) is 0 Å². The van der Waals surface area contributed by atoms with E-state index in [9.17, 15) is 9.90 Å². The van der Waals surface area contributed by atoms with Crippen LogP contribution in [-0.2, 0) is 4.79 Å². The molecule has 0 saturated heterocycles. The number of nitrogens with two attached hydrogens (primary N) is 1. The van der Waals surface area contributed by atoms with Crippen LogP contribution in [0.4, 0.5) is 0 Å². The SMILES string of the molecule is CCCC(N)CC(=O)NCCC(O)CC. The molecule has 4 N–H and O–H groups in total. The number of hydrogen-bond acceptors (Lipinski definition) is 3. The normalized spacial score (nSPS) is 14.7. The van der Waals surface area contributed by atoms with Crippen LogP contribution in [0.3, 0.4) is 0 Å². The molecular weight excluding hydrogens is 192 g/mol. The predicted molar refractivity (Wildman–Crippen MR) is 61.4 cm³/mol. The zero-order chi connectivity index (χ0) is 11.7. The molecule has 0 aliphatic rings. The standard InChI is InChI=1S/C11H24N2O2/c1-3-5-9(12)8-11(15)13-7-6-10(14)4-2/h9-10,14H,3-8,12H2,1-2H3,(H,13,15). The summed E-state index contributed by atoms with van der Waals surface area (Å²) in [5.41, 5.74) is 5.73. The topological polar surface area (TPSA) is 75.4 Å². The molecule has 0 fully saturated rings. The molecule has 15 heavy (non-hydrogen) atoms. The maximum atomic E-state index is 11.3. The Balaban J connectivity index is 3.48. The minimum absolute atomic E-state index is 0.0146. The molecule has 0 aliphatic carbocycles. The average Bonchev–Trinajstić information content (AvgIpc) is 2.17. The Kier molecular flexibility index (Phi) is 8.33. The number of nitrogens with one attached hydrogen (secondary N) is 1. The Bertz CT molecular complexity index is 174. The number of aliphatic hydroxyl groups excluding tert-OH is 1. The van der Waals surface area contributed by atoms with Crippen LogP contribution in [0.25, 0.3) is 0 Å². The van der Waals surface area contributed by atoms with E-state index in [0.717, 1.165) is 19.3 Å². The highest BCUT2D eigenvalue weighted by molar-refractivity contribution is 5.76. The number of amides is 1. The van der Waals surface area contributed by atoms with Gasteiger partial charge in [0.15, 0.2) is 0 Å². The third kappa shape index (κ3) is 8.39. The smallest absolute Gasteiger partial charge is 0.221 e. The number of carbonyl (C=O) groups is 1. The Labute approximate surface area is 92.2 Å². The third-order valence-corrected chi connectivity index (χ3v) is 2.38. The number of carbonyl (C=O) groups excluding carboxylic acids is 1. The zero-order valence-corrected chi connectivity index (χ0v) is 9.83. The summed E-state index contributed by atoms with van der Waals surface area (Å²) in [5, 5.41) is 12.0. The number of rotatable bonds is 8. The number of aliphatic hydroxyl groups is 1. The Hall–Kier alpha value is -0.610. The van der Waals surface area contributed by atoms with Gasteiger partial charge < -0.3 is 16.2 Å². The van der Waals surface area contributed by atoms with Gasteiger partial charge in [-0.15, -0.1) is 0 Å². The summed E-state index contributed by atoms with van der Waals surface area (Å²) >= 11 is 0. The lowest BCUT2D eigenvalue weighted by Crippen LogP contribution is -2.33. The molecule has 0 aromatic heterocycles. The third-order valence-electron chi connectivity index (χ3n) is 2.38. The zero-order valence-electron chi connectivity index (χ0n) is 9.83. The van der Waals surface area contributed by atoms with Crippen LogP contribution in [-0.4, -0.2) is 29.7 Å². The lowest BCUT2D eigenvalue weighted by molar-refractivity contribution is -0.121. The summed E-state index contributed by atoms with van der Waals surface area (Å²) in [7, 11) is 0. The molecule has 0 saturated carbocycles. The fraction of sp³-hybridized carbons (Fsp3) is 0.909. The quantitative estimate of drug-likeness (QED) is 0.561. The molecule has 0 bridgehead atoms. The van der Waals surface area contributed by atoms with Crippen molar-refractivity contribution in [3.63, 3.8) is 0 Å². The first-order chi connectivity index (χ1) is 7.10. The van der Waals surface area contributed by atoms with E-state index in [1.807, 2.05) is 6.92 Å². The van der Waals surface area contributed by atoms with Crippen molar-refractivity contribution in [3.8, 4) is 0 Å². The molecule has 0 heterocycles. The second-order valence-corrected chi connectivity index (χ2v) is 3.95. The molecule has 0 aromatic rings. The first-order valence-electron chi connectivity index (χ1n) is 5.80. The fourth-order valence-electron chi connectivity index (χ4n) is 1.37. The van der Waals surface area contributed by atoms with Gasteiger partial charge in [0.05, 0.1) is 6.10 Å². The molecule has 1 amide bonds. The summed E-state index contributed by atoms with van der Waals surface area (Å²) in [4.78, 5) is 11.3. The molecule has 0 aromatic carbocycles. The van der Waals surface area contributed by atoms with Crippen LogP contribution in [0, 0.1) is 0 Å². The van der Waals surface area contributed by atoms with Crippen molar-refractivity contribution in [2.24, 2.45) is 5.73 Å². The Morgan fingerprint density at radius 3 is 2.60 bits per heavy atom. The summed E-state index contributed by atoms with van der Waals surface area (Å²) in [6.45, 7) is 4.51. The molecule has 2 unspecified atom stereocenters. The van der Waals surface area contributed by atoms with Gasteiger partial charge >= 0.3 is 0 Å². The van der Waals surface area contributed by atoms with Gasteiger partial charge in [0.25, 0.3) is 0 Å². The highest BCUT2D eigenvalue weighted by Gasteiger charge is 2.08. The molecule has 0 radical (unpaired) electrons. The lowest BCUT2D eigenvalue weighted by Gasteiger charge is -2.11. The van der Waals surface area contributed by atoms with Gasteiger partial charge in [0.2, 0.25) is 5.91 Å². The number of hydrogen-bond donors (Lipinski definition) is 3. The highest BCUT2D eigenvalue weighted by Crippen LogP contribution is 1.99. The van der Waals surface area contributed by atoms with Crippen molar-refractivity contribution >= 4 is 5.91 Å². The molecule has 90 valence electrons. The largest absolute Gasteiger partial charge is 0.393 e. The molecule has 2 atom stereocenters. The first-order valence-corrected chi connectivity index (χ1v) is 5.80. The van der Waals surface area contributed by atoms with Gasteiger partial charge in [0.1, 0.15) is 0 Å². The van der Waals surface area contributed by atoms with Crippen molar-refractivity contribution in [1.82, 2.24) is 5.32 Å². The highest BCUT2D eigenvalue weighted by atomic mass is 16.3. The van der Waals surface area contributed by atoms with Gasteiger partial charge in [-0.25, -0.2) is 0 Å². The molecule has 4 nitrogen and oxygen atoms in total. The van der Waals surface area contributed by atoms with E-state index in [0.29, 0.717) is 19.4 Å². The van der Waals surface area contributed by atoms with E-state index < -0.39 is 0 Å².